The number of halogens is 3. The molecule has 32 heavy (non-hydrogen) atoms. The molecule has 1 fully saturated rings. The Kier molecular flexibility index (Phi) is 6.59. The third-order valence-electron chi connectivity index (χ3n) is 5.55. The smallest absolute Gasteiger partial charge is 0.355 e. The molecule has 1 aliphatic rings. The summed E-state index contributed by atoms with van der Waals surface area (Å²) in [6.45, 7) is 2.46. The van der Waals surface area contributed by atoms with Crippen LogP contribution in [-0.2, 0) is 23.3 Å². The summed E-state index contributed by atoms with van der Waals surface area (Å²) in [6.07, 6.45) is -0.818. The third kappa shape index (κ3) is 4.85. The lowest BCUT2D eigenvalue weighted by molar-refractivity contribution is -0.137. The lowest BCUT2D eigenvalue weighted by Crippen LogP contribution is -2.37. The number of alkyl halides is 3. The van der Waals surface area contributed by atoms with Crippen molar-refractivity contribution in [2.24, 2.45) is 0 Å². The largest absolute Gasteiger partial charge is 0.417 e. The number of anilines is 1. The molecule has 1 aromatic carbocycles. The Morgan fingerprint density at radius 1 is 1.09 bits per heavy atom. The Labute approximate surface area is 188 Å². The Bertz CT molecular complexity index is 1080. The molecule has 10 heteroatoms. The molecule has 1 amide bonds. The van der Waals surface area contributed by atoms with Crippen LogP contribution < -0.4 is 4.90 Å². The Morgan fingerprint density at radius 3 is 2.62 bits per heavy atom. The highest BCUT2D eigenvalue weighted by Gasteiger charge is 2.31. The fourth-order valence-electron chi connectivity index (χ4n) is 3.91. The molecule has 1 aliphatic heterocycles. The molecular weight excluding hydrogens is 439 g/mol. The van der Waals surface area contributed by atoms with Crippen molar-refractivity contribution in [1.29, 1.82) is 0 Å². The minimum Gasteiger partial charge on any atom is -0.355 e. The van der Waals surface area contributed by atoms with E-state index in [9.17, 15) is 18.0 Å². The van der Waals surface area contributed by atoms with E-state index in [1.54, 1.807) is 11.8 Å². The van der Waals surface area contributed by atoms with Gasteiger partial charge in [-0.3, -0.25) is 4.79 Å². The first-order valence-electron chi connectivity index (χ1n) is 10.4. The van der Waals surface area contributed by atoms with E-state index in [-0.39, 0.29) is 12.5 Å². The van der Waals surface area contributed by atoms with Crippen LogP contribution in [0.5, 0.6) is 0 Å². The molecule has 3 aromatic rings. The number of carbonyl (C=O) groups excluding carboxylic acids is 1. The van der Waals surface area contributed by atoms with E-state index in [0.717, 1.165) is 41.3 Å². The minimum atomic E-state index is -4.40. The zero-order chi connectivity index (χ0) is 22.7. The molecule has 0 saturated carbocycles. The molecule has 0 atom stereocenters. The number of thioether (sulfide) groups is 1. The van der Waals surface area contributed by atoms with Crippen molar-refractivity contribution in [2.75, 3.05) is 37.3 Å². The molecule has 4 rings (SSSR count). The van der Waals surface area contributed by atoms with Crippen molar-refractivity contribution >= 4 is 34.5 Å². The van der Waals surface area contributed by atoms with Crippen LogP contribution in [0.1, 0.15) is 17.8 Å². The van der Waals surface area contributed by atoms with E-state index < -0.39 is 11.7 Å². The molecule has 0 N–H and O–H groups in total. The standard InChI is InChI=1S/C22H24F3N5OS/c1-32-15-20-27-17-5-2-3-6-18(17)30(20)14-21(31)29-10-4-9-28(11-12-29)19-8-7-16(13-26-19)22(23,24)25/h2-3,5-8,13H,4,9-12,14-15H2,1H3. The molecule has 0 unspecified atom stereocenters. The molecule has 6 nitrogen and oxygen atoms in total. The maximum Gasteiger partial charge on any atom is 0.417 e. The summed E-state index contributed by atoms with van der Waals surface area (Å²) < 4.78 is 40.4. The van der Waals surface area contributed by atoms with Gasteiger partial charge in [0, 0.05) is 32.4 Å². The lowest BCUT2D eigenvalue weighted by Gasteiger charge is -2.23. The number of fused-ring (bicyclic) bond motifs is 1. The average molecular weight is 464 g/mol. The second kappa shape index (κ2) is 9.40. The average Bonchev–Trinajstić information content (AvgIpc) is 2.95. The van der Waals surface area contributed by atoms with E-state index in [2.05, 4.69) is 9.97 Å². The van der Waals surface area contributed by atoms with E-state index in [1.165, 1.54) is 6.07 Å². The van der Waals surface area contributed by atoms with E-state index in [4.69, 9.17) is 0 Å². The van der Waals surface area contributed by atoms with Crippen LogP contribution in [0.2, 0.25) is 0 Å². The second-order valence-electron chi connectivity index (χ2n) is 7.66. The van der Waals surface area contributed by atoms with Crippen molar-refractivity contribution in [3.8, 4) is 0 Å². The lowest BCUT2D eigenvalue weighted by atomic mass is 10.2. The number of pyridine rings is 1. The van der Waals surface area contributed by atoms with Crippen molar-refractivity contribution in [1.82, 2.24) is 19.4 Å². The number of imidazole rings is 1. The fraction of sp³-hybridized carbons (Fsp3) is 0.409. The number of hydrogen-bond donors (Lipinski definition) is 0. The SMILES string of the molecule is CSCc1nc2ccccc2n1CC(=O)N1CCCN(c2ccc(C(F)(F)F)cn2)CC1. The summed E-state index contributed by atoms with van der Waals surface area (Å²) >= 11 is 1.66. The predicted octanol–water partition coefficient (Wildman–Crippen LogP) is 4.05. The van der Waals surface area contributed by atoms with Gasteiger partial charge in [-0.05, 0) is 36.9 Å². The second-order valence-corrected chi connectivity index (χ2v) is 8.53. The normalized spacial score (nSPS) is 15.2. The first kappa shape index (κ1) is 22.4. The Balaban J connectivity index is 1.44. The van der Waals surface area contributed by atoms with Crippen molar-refractivity contribution in [3.05, 3.63) is 54.0 Å². The van der Waals surface area contributed by atoms with Crippen LogP contribution in [0.15, 0.2) is 42.6 Å². The molecule has 0 spiro atoms. The summed E-state index contributed by atoms with van der Waals surface area (Å²) in [7, 11) is 0. The van der Waals surface area contributed by atoms with Gasteiger partial charge in [0.25, 0.3) is 0 Å². The Hall–Kier alpha value is -2.75. The quantitative estimate of drug-likeness (QED) is 0.572. The maximum atomic E-state index is 13.1. The summed E-state index contributed by atoms with van der Waals surface area (Å²) in [4.78, 5) is 25.5. The van der Waals surface area contributed by atoms with Gasteiger partial charge in [-0.1, -0.05) is 12.1 Å². The van der Waals surface area contributed by atoms with Gasteiger partial charge in [-0.15, -0.1) is 0 Å². The number of nitrogens with zero attached hydrogens (tertiary/aromatic N) is 5. The maximum absolute atomic E-state index is 13.1. The van der Waals surface area contributed by atoms with Crippen LogP contribution in [-0.4, -0.2) is 57.8 Å². The van der Waals surface area contributed by atoms with Crippen LogP contribution >= 0.6 is 11.8 Å². The first-order chi connectivity index (χ1) is 15.4. The van der Waals surface area contributed by atoms with Crippen LogP contribution in [0.25, 0.3) is 11.0 Å². The van der Waals surface area contributed by atoms with Crippen molar-refractivity contribution in [3.63, 3.8) is 0 Å². The summed E-state index contributed by atoms with van der Waals surface area (Å²) in [5.41, 5.74) is 1.05. The van der Waals surface area contributed by atoms with Gasteiger partial charge in [0.1, 0.15) is 18.2 Å². The van der Waals surface area contributed by atoms with Gasteiger partial charge in [0.2, 0.25) is 5.91 Å². The molecular formula is C22H24F3N5OS. The number of benzene rings is 1. The van der Waals surface area contributed by atoms with Crippen molar-refractivity contribution < 1.29 is 18.0 Å². The first-order valence-corrected chi connectivity index (χ1v) is 11.8. The Morgan fingerprint density at radius 2 is 1.91 bits per heavy atom. The van der Waals surface area contributed by atoms with Gasteiger partial charge in [0.05, 0.1) is 22.3 Å². The number of para-hydroxylation sites is 2. The van der Waals surface area contributed by atoms with E-state index >= 15 is 0 Å². The molecule has 0 radical (unpaired) electrons. The predicted molar refractivity (Wildman–Crippen MR) is 120 cm³/mol. The number of amides is 1. The topological polar surface area (TPSA) is 54.3 Å². The highest BCUT2D eigenvalue weighted by Crippen LogP contribution is 2.29. The van der Waals surface area contributed by atoms with Gasteiger partial charge in [0.15, 0.2) is 0 Å². The van der Waals surface area contributed by atoms with Crippen LogP contribution in [0.4, 0.5) is 19.0 Å². The molecule has 1 saturated heterocycles. The highest BCUT2D eigenvalue weighted by atomic mass is 32.2. The highest BCUT2D eigenvalue weighted by molar-refractivity contribution is 7.97. The van der Waals surface area contributed by atoms with Crippen molar-refractivity contribution in [2.45, 2.75) is 24.9 Å². The zero-order valence-corrected chi connectivity index (χ0v) is 18.5. The van der Waals surface area contributed by atoms with Gasteiger partial charge < -0.3 is 14.4 Å². The zero-order valence-electron chi connectivity index (χ0n) is 17.7. The summed E-state index contributed by atoms with van der Waals surface area (Å²) in [5.74, 6) is 2.10. The molecule has 170 valence electrons. The van der Waals surface area contributed by atoms with Gasteiger partial charge in [-0.25, -0.2) is 9.97 Å². The number of rotatable bonds is 5. The number of hydrogen-bond acceptors (Lipinski definition) is 5. The third-order valence-corrected chi connectivity index (χ3v) is 6.10. The fourth-order valence-corrected chi connectivity index (χ4v) is 4.39. The van der Waals surface area contributed by atoms with Gasteiger partial charge >= 0.3 is 6.18 Å². The molecule has 0 bridgehead atoms. The minimum absolute atomic E-state index is 0.0118. The number of aromatic nitrogens is 3. The summed E-state index contributed by atoms with van der Waals surface area (Å²) in [5, 5.41) is 0. The van der Waals surface area contributed by atoms with Gasteiger partial charge in [-0.2, -0.15) is 24.9 Å². The molecule has 3 heterocycles. The summed E-state index contributed by atoms with van der Waals surface area (Å²) in [6, 6.07) is 10.2. The molecule has 0 aliphatic carbocycles. The van der Waals surface area contributed by atoms with E-state index in [0.29, 0.717) is 32.0 Å². The monoisotopic (exact) mass is 463 g/mol. The van der Waals surface area contributed by atoms with Crippen LogP contribution in [0, 0.1) is 0 Å². The number of carbonyl (C=O) groups is 1. The van der Waals surface area contributed by atoms with Crippen LogP contribution in [0.3, 0.4) is 0 Å². The molecule has 2 aromatic heterocycles. The van der Waals surface area contributed by atoms with E-state index in [1.807, 2.05) is 44.9 Å².